The topological polar surface area (TPSA) is 74.1 Å². The number of aryl methyl sites for hydroxylation is 1. The third-order valence-corrected chi connectivity index (χ3v) is 4.83. The minimum atomic E-state index is -0.451. The minimum absolute atomic E-state index is 0.360. The summed E-state index contributed by atoms with van der Waals surface area (Å²) in [5.41, 5.74) is 2.38. The Balaban J connectivity index is 1.72. The van der Waals surface area contributed by atoms with Gasteiger partial charge in [-0.1, -0.05) is 12.1 Å². The van der Waals surface area contributed by atoms with Gasteiger partial charge in [-0.3, -0.25) is 0 Å². The highest BCUT2D eigenvalue weighted by atomic mass is 19.1. The summed E-state index contributed by atoms with van der Waals surface area (Å²) in [6, 6.07) is 17.0. The maximum Gasteiger partial charge on any atom is 0.175 e. The summed E-state index contributed by atoms with van der Waals surface area (Å²) >= 11 is 0. The average Bonchev–Trinajstić information content (AvgIpc) is 3.24. The monoisotopic (exact) mass is 419 g/mol. The highest BCUT2D eigenvalue weighted by molar-refractivity contribution is 5.50. The SMILES string of the molecule is COc1cccc(C(Nc2ccc(-n3ccc(C)n3)nn2)c2cc(F)ccc2OC)c1. The number of rotatable bonds is 7. The van der Waals surface area contributed by atoms with Crippen molar-refractivity contribution in [2.45, 2.75) is 13.0 Å². The van der Waals surface area contributed by atoms with Gasteiger partial charge in [0.2, 0.25) is 0 Å². The summed E-state index contributed by atoms with van der Waals surface area (Å²) in [7, 11) is 3.16. The summed E-state index contributed by atoms with van der Waals surface area (Å²) < 4.78 is 26.7. The Hall–Kier alpha value is -3.94. The summed E-state index contributed by atoms with van der Waals surface area (Å²) in [4.78, 5) is 0. The van der Waals surface area contributed by atoms with Crippen molar-refractivity contribution in [3.05, 3.63) is 89.5 Å². The fourth-order valence-electron chi connectivity index (χ4n) is 3.31. The predicted molar refractivity (Wildman–Crippen MR) is 115 cm³/mol. The lowest BCUT2D eigenvalue weighted by molar-refractivity contribution is 0.406. The summed E-state index contributed by atoms with van der Waals surface area (Å²) in [6.07, 6.45) is 1.82. The molecule has 2 aromatic carbocycles. The number of nitrogens with one attached hydrogen (secondary N) is 1. The standard InChI is InChI=1S/C23H22FN5O2/c1-15-11-12-29(28-15)22-10-9-21(26-27-22)25-23(16-5-4-6-18(13-16)30-2)19-14-17(24)7-8-20(19)31-3/h4-14,23H,1-3H3,(H,25,26). The molecule has 2 heterocycles. The molecule has 0 bridgehead atoms. The number of nitrogens with zero attached hydrogens (tertiary/aromatic N) is 4. The smallest absolute Gasteiger partial charge is 0.175 e. The van der Waals surface area contributed by atoms with E-state index in [0.717, 1.165) is 11.3 Å². The second-order valence-corrected chi connectivity index (χ2v) is 6.92. The molecule has 2 aromatic heterocycles. The van der Waals surface area contributed by atoms with Crippen molar-refractivity contribution in [1.29, 1.82) is 0 Å². The first-order chi connectivity index (χ1) is 15.1. The molecule has 0 aliphatic rings. The summed E-state index contributed by atoms with van der Waals surface area (Å²) in [5.74, 6) is 2.00. The average molecular weight is 419 g/mol. The second kappa shape index (κ2) is 8.83. The van der Waals surface area contributed by atoms with Gasteiger partial charge in [-0.15, -0.1) is 10.2 Å². The summed E-state index contributed by atoms with van der Waals surface area (Å²) in [5, 5.41) is 16.2. The maximum atomic E-state index is 14.1. The number of methoxy groups -OCH3 is 2. The van der Waals surface area contributed by atoms with E-state index >= 15 is 0 Å². The van der Waals surface area contributed by atoms with Crippen LogP contribution in [-0.4, -0.2) is 34.2 Å². The Kier molecular flexibility index (Phi) is 5.79. The molecule has 0 radical (unpaired) electrons. The number of aromatic nitrogens is 4. The van der Waals surface area contributed by atoms with Gasteiger partial charge in [0.25, 0.3) is 0 Å². The van der Waals surface area contributed by atoms with Crippen molar-refractivity contribution >= 4 is 5.82 Å². The van der Waals surface area contributed by atoms with Gasteiger partial charge in [0.1, 0.15) is 23.1 Å². The van der Waals surface area contributed by atoms with Crippen LogP contribution in [0.1, 0.15) is 22.9 Å². The molecule has 0 saturated heterocycles. The van der Waals surface area contributed by atoms with Crippen molar-refractivity contribution in [2.24, 2.45) is 0 Å². The van der Waals surface area contributed by atoms with Crippen LogP contribution in [0.3, 0.4) is 0 Å². The van der Waals surface area contributed by atoms with Gasteiger partial charge in [-0.25, -0.2) is 9.07 Å². The van der Waals surface area contributed by atoms with Crippen LogP contribution < -0.4 is 14.8 Å². The number of hydrogen-bond donors (Lipinski definition) is 1. The molecule has 4 rings (SSSR count). The molecule has 0 fully saturated rings. The van der Waals surface area contributed by atoms with Crippen LogP contribution in [-0.2, 0) is 0 Å². The quantitative estimate of drug-likeness (QED) is 0.481. The van der Waals surface area contributed by atoms with Gasteiger partial charge >= 0.3 is 0 Å². The van der Waals surface area contributed by atoms with Gasteiger partial charge in [0.05, 0.1) is 26.0 Å². The molecule has 1 unspecified atom stereocenters. The Morgan fingerprint density at radius 2 is 1.84 bits per heavy atom. The number of anilines is 1. The molecule has 0 saturated carbocycles. The maximum absolute atomic E-state index is 14.1. The first kappa shape index (κ1) is 20.3. The molecule has 7 nitrogen and oxygen atoms in total. The molecule has 8 heteroatoms. The fraction of sp³-hybridized carbons (Fsp3) is 0.174. The van der Waals surface area contributed by atoms with E-state index in [0.29, 0.717) is 28.7 Å². The number of hydrogen-bond acceptors (Lipinski definition) is 6. The van der Waals surface area contributed by atoms with Crippen LogP contribution in [0.15, 0.2) is 66.9 Å². The van der Waals surface area contributed by atoms with E-state index in [1.807, 2.05) is 49.5 Å². The number of ether oxygens (including phenoxy) is 2. The van der Waals surface area contributed by atoms with Gasteiger partial charge in [-0.2, -0.15) is 5.10 Å². The van der Waals surface area contributed by atoms with Crippen molar-refractivity contribution in [3.8, 4) is 17.3 Å². The van der Waals surface area contributed by atoms with Crippen LogP contribution in [0.2, 0.25) is 0 Å². The highest BCUT2D eigenvalue weighted by Crippen LogP contribution is 2.34. The molecular weight excluding hydrogens is 397 g/mol. The van der Waals surface area contributed by atoms with Crippen molar-refractivity contribution in [2.75, 3.05) is 19.5 Å². The first-order valence-electron chi connectivity index (χ1n) is 9.67. The molecule has 31 heavy (non-hydrogen) atoms. The van der Waals surface area contributed by atoms with Crippen LogP contribution in [0.5, 0.6) is 11.5 Å². The van der Waals surface area contributed by atoms with E-state index in [1.165, 1.54) is 12.1 Å². The predicted octanol–water partition coefficient (Wildman–Crippen LogP) is 4.33. The van der Waals surface area contributed by atoms with Crippen molar-refractivity contribution in [1.82, 2.24) is 20.0 Å². The van der Waals surface area contributed by atoms with Crippen LogP contribution in [0, 0.1) is 12.7 Å². The molecule has 4 aromatic rings. The Morgan fingerprint density at radius 1 is 0.968 bits per heavy atom. The van der Waals surface area contributed by atoms with E-state index < -0.39 is 6.04 Å². The Bertz CT molecular complexity index is 1180. The molecule has 0 aliphatic carbocycles. The first-order valence-corrected chi connectivity index (χ1v) is 9.67. The van der Waals surface area contributed by atoms with E-state index in [-0.39, 0.29) is 5.82 Å². The van der Waals surface area contributed by atoms with Crippen molar-refractivity contribution in [3.63, 3.8) is 0 Å². The van der Waals surface area contributed by atoms with Crippen LogP contribution in [0.4, 0.5) is 10.2 Å². The molecule has 0 amide bonds. The van der Waals surface area contributed by atoms with Gasteiger partial charge in [0.15, 0.2) is 5.82 Å². The highest BCUT2D eigenvalue weighted by Gasteiger charge is 2.21. The van der Waals surface area contributed by atoms with Crippen molar-refractivity contribution < 1.29 is 13.9 Å². The van der Waals surface area contributed by atoms with E-state index in [2.05, 4.69) is 20.6 Å². The Morgan fingerprint density at radius 3 is 2.52 bits per heavy atom. The summed E-state index contributed by atoms with van der Waals surface area (Å²) in [6.45, 7) is 1.91. The minimum Gasteiger partial charge on any atom is -0.497 e. The lowest BCUT2D eigenvalue weighted by Gasteiger charge is -2.23. The van der Waals surface area contributed by atoms with Gasteiger partial charge in [-0.05, 0) is 61.0 Å². The zero-order valence-corrected chi connectivity index (χ0v) is 17.4. The molecule has 1 N–H and O–H groups in total. The lowest BCUT2D eigenvalue weighted by atomic mass is 9.97. The lowest BCUT2D eigenvalue weighted by Crippen LogP contribution is -2.15. The Labute approximate surface area is 179 Å². The molecule has 1 atom stereocenters. The zero-order chi connectivity index (χ0) is 21.8. The number of benzene rings is 2. The molecule has 0 aliphatic heterocycles. The van der Waals surface area contributed by atoms with E-state index in [1.54, 1.807) is 31.0 Å². The van der Waals surface area contributed by atoms with Crippen LogP contribution >= 0.6 is 0 Å². The zero-order valence-electron chi connectivity index (χ0n) is 17.4. The van der Waals surface area contributed by atoms with Gasteiger partial charge < -0.3 is 14.8 Å². The molecular formula is C23H22FN5O2. The van der Waals surface area contributed by atoms with E-state index in [4.69, 9.17) is 9.47 Å². The normalized spacial score (nSPS) is 11.7. The van der Waals surface area contributed by atoms with Gasteiger partial charge in [0, 0.05) is 11.8 Å². The third-order valence-electron chi connectivity index (χ3n) is 4.83. The fourth-order valence-corrected chi connectivity index (χ4v) is 3.31. The number of halogens is 1. The third kappa shape index (κ3) is 4.48. The second-order valence-electron chi connectivity index (χ2n) is 6.92. The van der Waals surface area contributed by atoms with Crippen LogP contribution in [0.25, 0.3) is 5.82 Å². The molecule has 0 spiro atoms. The molecule has 158 valence electrons. The van der Waals surface area contributed by atoms with E-state index in [9.17, 15) is 4.39 Å². The largest absolute Gasteiger partial charge is 0.497 e.